The molecule has 2 aromatic rings. The summed E-state index contributed by atoms with van der Waals surface area (Å²) in [6, 6.07) is 17.2. The molecule has 1 saturated heterocycles. The number of hydrogen-bond acceptors (Lipinski definition) is 2. The molecule has 1 fully saturated rings. The van der Waals surface area contributed by atoms with E-state index < -0.39 is 0 Å². The summed E-state index contributed by atoms with van der Waals surface area (Å²) < 4.78 is 0. The van der Waals surface area contributed by atoms with Gasteiger partial charge in [-0.25, -0.2) is 0 Å². The predicted molar refractivity (Wildman–Crippen MR) is 112 cm³/mol. The van der Waals surface area contributed by atoms with Crippen molar-refractivity contribution in [2.24, 2.45) is 5.92 Å². The number of aryl methyl sites for hydroxylation is 2. The zero-order chi connectivity index (χ0) is 19.2. The molecule has 1 amide bonds. The maximum atomic E-state index is 12.8. The largest absolute Gasteiger partial charge is 0.349 e. The first kappa shape index (κ1) is 19.6. The van der Waals surface area contributed by atoms with Crippen LogP contribution in [0.3, 0.4) is 0 Å². The van der Waals surface area contributed by atoms with E-state index in [0.29, 0.717) is 0 Å². The Morgan fingerprint density at radius 1 is 1.07 bits per heavy atom. The lowest BCUT2D eigenvalue weighted by Crippen LogP contribution is -2.41. The van der Waals surface area contributed by atoms with Gasteiger partial charge in [-0.2, -0.15) is 0 Å². The minimum Gasteiger partial charge on any atom is -0.349 e. The van der Waals surface area contributed by atoms with Gasteiger partial charge in [0.1, 0.15) is 0 Å². The van der Waals surface area contributed by atoms with E-state index in [2.05, 4.69) is 79.5 Å². The Hall–Kier alpha value is -2.13. The van der Waals surface area contributed by atoms with Crippen molar-refractivity contribution in [1.29, 1.82) is 0 Å². The Balaban J connectivity index is 1.52. The molecule has 1 aliphatic heterocycles. The van der Waals surface area contributed by atoms with Gasteiger partial charge in [-0.05, 0) is 62.9 Å². The SMILES string of the molecule is CC[C@H](NC(=O)C1CCN(Cc2ccccc2C)CC1)c1ccc(C)cc1. The van der Waals surface area contributed by atoms with Gasteiger partial charge in [-0.3, -0.25) is 9.69 Å². The molecule has 0 bridgehead atoms. The molecule has 1 aliphatic rings. The van der Waals surface area contributed by atoms with Crippen LogP contribution in [-0.2, 0) is 11.3 Å². The Morgan fingerprint density at radius 2 is 1.74 bits per heavy atom. The van der Waals surface area contributed by atoms with Crippen LogP contribution in [0.25, 0.3) is 0 Å². The zero-order valence-corrected chi connectivity index (χ0v) is 16.9. The first-order valence-electron chi connectivity index (χ1n) is 10.2. The molecule has 0 saturated carbocycles. The first-order chi connectivity index (χ1) is 13.1. The molecule has 0 aliphatic carbocycles. The van der Waals surface area contributed by atoms with Gasteiger partial charge in [0.25, 0.3) is 0 Å². The monoisotopic (exact) mass is 364 g/mol. The Bertz CT molecular complexity index is 745. The number of hydrogen-bond donors (Lipinski definition) is 1. The fourth-order valence-electron chi connectivity index (χ4n) is 3.89. The first-order valence-corrected chi connectivity index (χ1v) is 10.2. The molecule has 3 heteroatoms. The molecule has 2 aromatic carbocycles. The predicted octanol–water partition coefficient (Wildman–Crippen LogP) is 4.78. The summed E-state index contributed by atoms with van der Waals surface area (Å²) in [6.07, 6.45) is 2.81. The van der Waals surface area contributed by atoms with Crippen molar-refractivity contribution < 1.29 is 4.79 Å². The Morgan fingerprint density at radius 3 is 2.37 bits per heavy atom. The number of benzene rings is 2. The van der Waals surface area contributed by atoms with Crippen molar-refractivity contribution in [2.45, 2.75) is 52.6 Å². The van der Waals surface area contributed by atoms with Gasteiger partial charge < -0.3 is 5.32 Å². The summed E-state index contributed by atoms with van der Waals surface area (Å²) in [5.41, 5.74) is 5.20. The van der Waals surface area contributed by atoms with Gasteiger partial charge in [-0.1, -0.05) is 61.0 Å². The van der Waals surface area contributed by atoms with E-state index in [9.17, 15) is 4.79 Å². The van der Waals surface area contributed by atoms with Crippen molar-refractivity contribution >= 4 is 5.91 Å². The summed E-state index contributed by atoms with van der Waals surface area (Å²) in [5, 5.41) is 3.29. The molecule has 0 unspecified atom stereocenters. The second-order valence-electron chi connectivity index (χ2n) is 7.86. The third kappa shape index (κ3) is 5.20. The second kappa shape index (κ2) is 9.18. The molecule has 27 heavy (non-hydrogen) atoms. The molecule has 1 N–H and O–H groups in total. The highest BCUT2D eigenvalue weighted by molar-refractivity contribution is 5.79. The summed E-state index contributed by atoms with van der Waals surface area (Å²) in [6.45, 7) is 9.37. The number of rotatable bonds is 6. The van der Waals surface area contributed by atoms with E-state index >= 15 is 0 Å². The molecule has 3 nitrogen and oxygen atoms in total. The zero-order valence-electron chi connectivity index (χ0n) is 16.9. The van der Waals surface area contributed by atoms with E-state index in [1.54, 1.807) is 0 Å². The van der Waals surface area contributed by atoms with Crippen LogP contribution < -0.4 is 5.32 Å². The Kier molecular flexibility index (Phi) is 6.68. The van der Waals surface area contributed by atoms with Crippen LogP contribution in [0.2, 0.25) is 0 Å². The highest BCUT2D eigenvalue weighted by atomic mass is 16.1. The van der Waals surface area contributed by atoms with Crippen molar-refractivity contribution in [1.82, 2.24) is 10.2 Å². The molecular weight excluding hydrogens is 332 g/mol. The lowest BCUT2D eigenvalue weighted by Gasteiger charge is -2.32. The fraction of sp³-hybridized carbons (Fsp3) is 0.458. The average Bonchev–Trinajstić information content (AvgIpc) is 2.69. The van der Waals surface area contributed by atoms with Crippen molar-refractivity contribution in [3.05, 3.63) is 70.8 Å². The van der Waals surface area contributed by atoms with Crippen LogP contribution >= 0.6 is 0 Å². The molecule has 144 valence electrons. The third-order valence-electron chi connectivity index (χ3n) is 5.82. The van der Waals surface area contributed by atoms with Crippen molar-refractivity contribution in [3.63, 3.8) is 0 Å². The summed E-state index contributed by atoms with van der Waals surface area (Å²) in [5.74, 6) is 0.357. The van der Waals surface area contributed by atoms with E-state index in [-0.39, 0.29) is 17.9 Å². The molecular formula is C24H32N2O. The highest BCUT2D eigenvalue weighted by Crippen LogP contribution is 2.23. The van der Waals surface area contributed by atoms with Crippen LogP contribution in [0.4, 0.5) is 0 Å². The van der Waals surface area contributed by atoms with Gasteiger partial charge in [0.2, 0.25) is 5.91 Å². The number of carbonyl (C=O) groups is 1. The molecule has 0 radical (unpaired) electrons. The van der Waals surface area contributed by atoms with Gasteiger partial charge in [0.15, 0.2) is 0 Å². The fourth-order valence-corrected chi connectivity index (χ4v) is 3.89. The maximum absolute atomic E-state index is 12.8. The minimum atomic E-state index is 0.114. The van der Waals surface area contributed by atoms with Crippen molar-refractivity contribution in [3.8, 4) is 0 Å². The van der Waals surface area contributed by atoms with E-state index in [4.69, 9.17) is 0 Å². The smallest absolute Gasteiger partial charge is 0.223 e. The minimum absolute atomic E-state index is 0.114. The van der Waals surface area contributed by atoms with Crippen LogP contribution in [0.15, 0.2) is 48.5 Å². The number of carbonyl (C=O) groups excluding carboxylic acids is 1. The van der Waals surface area contributed by atoms with E-state index in [1.165, 1.54) is 22.3 Å². The normalized spacial score (nSPS) is 16.9. The number of nitrogens with zero attached hydrogens (tertiary/aromatic N) is 1. The lowest BCUT2D eigenvalue weighted by molar-refractivity contribution is -0.127. The quantitative estimate of drug-likeness (QED) is 0.800. The summed E-state index contributed by atoms with van der Waals surface area (Å²) >= 11 is 0. The number of piperidine rings is 1. The van der Waals surface area contributed by atoms with Crippen LogP contribution in [-0.4, -0.2) is 23.9 Å². The average molecular weight is 365 g/mol. The van der Waals surface area contributed by atoms with E-state index in [1.807, 2.05) is 0 Å². The summed E-state index contributed by atoms with van der Waals surface area (Å²) in [7, 11) is 0. The topological polar surface area (TPSA) is 32.3 Å². The molecule has 0 spiro atoms. The van der Waals surface area contributed by atoms with E-state index in [0.717, 1.165) is 38.9 Å². The Labute approximate surface area is 163 Å². The van der Waals surface area contributed by atoms with Crippen LogP contribution in [0.1, 0.15) is 54.5 Å². The molecule has 1 heterocycles. The van der Waals surface area contributed by atoms with Crippen LogP contribution in [0, 0.1) is 19.8 Å². The third-order valence-corrected chi connectivity index (χ3v) is 5.82. The lowest BCUT2D eigenvalue weighted by atomic mass is 9.94. The number of nitrogens with one attached hydrogen (secondary N) is 1. The van der Waals surface area contributed by atoms with Gasteiger partial charge >= 0.3 is 0 Å². The standard InChI is InChI=1S/C24H32N2O/c1-4-23(20-11-9-18(2)10-12-20)25-24(27)21-13-15-26(16-14-21)17-22-8-6-5-7-19(22)3/h5-12,21,23H,4,13-17H2,1-3H3,(H,25,27)/t23-/m0/s1. The van der Waals surface area contributed by atoms with Gasteiger partial charge in [0.05, 0.1) is 6.04 Å². The van der Waals surface area contributed by atoms with Crippen LogP contribution in [0.5, 0.6) is 0 Å². The van der Waals surface area contributed by atoms with Gasteiger partial charge in [0, 0.05) is 12.5 Å². The molecule has 0 aromatic heterocycles. The second-order valence-corrected chi connectivity index (χ2v) is 7.86. The van der Waals surface area contributed by atoms with Crippen molar-refractivity contribution in [2.75, 3.05) is 13.1 Å². The molecule has 1 atom stereocenters. The highest BCUT2D eigenvalue weighted by Gasteiger charge is 2.26. The van der Waals surface area contributed by atoms with Gasteiger partial charge in [-0.15, -0.1) is 0 Å². The number of amides is 1. The summed E-state index contributed by atoms with van der Waals surface area (Å²) in [4.78, 5) is 15.3. The maximum Gasteiger partial charge on any atom is 0.223 e. The molecule has 3 rings (SSSR count). The number of likely N-dealkylation sites (tertiary alicyclic amines) is 1.